The molecule has 3 rings (SSSR count). The molecule has 0 fully saturated rings. The summed E-state index contributed by atoms with van der Waals surface area (Å²) in [5.41, 5.74) is 0.0490. The second kappa shape index (κ2) is 5.49. The second-order valence-corrected chi connectivity index (χ2v) is 5.76. The number of fused-ring (bicyclic) bond motifs is 1. The maximum absolute atomic E-state index is 10.8. The highest BCUT2D eigenvalue weighted by atomic mass is 32.1. The Morgan fingerprint density at radius 1 is 1.43 bits per heavy atom. The van der Waals surface area contributed by atoms with E-state index in [1.165, 1.54) is 17.4 Å². The molecule has 0 bridgehead atoms. The van der Waals surface area contributed by atoms with Gasteiger partial charge in [-0.25, -0.2) is 19.7 Å². The third kappa shape index (κ3) is 2.84. The summed E-state index contributed by atoms with van der Waals surface area (Å²) in [4.78, 5) is 25.2. The standard InChI is InChI=1S/C13H13N5O2S/c1-8-4-9-11(15-6-16-12(9)21-8)14-2-3-18-5-10(13(19)20)17-7-18/h4-7H,2-3H2,1H3,(H,19,20)(H,14,15,16). The van der Waals surface area contributed by atoms with Gasteiger partial charge in [0.15, 0.2) is 5.69 Å². The number of hydrogen-bond donors (Lipinski definition) is 2. The van der Waals surface area contributed by atoms with E-state index >= 15 is 0 Å². The van der Waals surface area contributed by atoms with Crippen molar-refractivity contribution < 1.29 is 9.90 Å². The number of nitrogens with zero attached hydrogens (tertiary/aromatic N) is 4. The first-order valence-electron chi connectivity index (χ1n) is 6.33. The number of nitrogens with one attached hydrogen (secondary N) is 1. The summed E-state index contributed by atoms with van der Waals surface area (Å²) in [6.45, 7) is 3.26. The molecule has 0 aliphatic rings. The minimum Gasteiger partial charge on any atom is -0.476 e. The molecule has 0 saturated heterocycles. The van der Waals surface area contributed by atoms with E-state index in [0.717, 1.165) is 16.0 Å². The lowest BCUT2D eigenvalue weighted by atomic mass is 10.3. The van der Waals surface area contributed by atoms with Crippen LogP contribution < -0.4 is 5.32 Å². The molecular formula is C13H13N5O2S. The number of aryl methyl sites for hydroxylation is 1. The molecule has 3 aromatic heterocycles. The predicted octanol–water partition coefficient (Wildman–Crippen LogP) is 2.01. The van der Waals surface area contributed by atoms with E-state index in [4.69, 9.17) is 5.11 Å². The first-order valence-corrected chi connectivity index (χ1v) is 7.15. The van der Waals surface area contributed by atoms with Crippen LogP contribution in [0.4, 0.5) is 5.82 Å². The van der Waals surface area contributed by atoms with Gasteiger partial charge < -0.3 is 15.0 Å². The molecule has 8 heteroatoms. The van der Waals surface area contributed by atoms with E-state index in [2.05, 4.69) is 26.3 Å². The number of thiophene rings is 1. The van der Waals surface area contributed by atoms with Crippen LogP contribution in [0.5, 0.6) is 0 Å². The quantitative estimate of drug-likeness (QED) is 0.749. The lowest BCUT2D eigenvalue weighted by Crippen LogP contribution is -2.10. The first kappa shape index (κ1) is 13.5. The summed E-state index contributed by atoms with van der Waals surface area (Å²) < 4.78 is 1.73. The van der Waals surface area contributed by atoms with Crippen LogP contribution in [-0.2, 0) is 6.54 Å². The topological polar surface area (TPSA) is 92.9 Å². The summed E-state index contributed by atoms with van der Waals surface area (Å²) in [6, 6.07) is 2.06. The normalized spacial score (nSPS) is 10.9. The van der Waals surface area contributed by atoms with Gasteiger partial charge in [0.2, 0.25) is 0 Å². The molecule has 108 valence electrons. The van der Waals surface area contributed by atoms with Crippen LogP contribution in [0.2, 0.25) is 0 Å². The van der Waals surface area contributed by atoms with Crippen molar-refractivity contribution in [3.8, 4) is 0 Å². The average Bonchev–Trinajstić information content (AvgIpc) is 3.04. The Hall–Kier alpha value is -2.48. The van der Waals surface area contributed by atoms with Gasteiger partial charge in [0.1, 0.15) is 17.0 Å². The van der Waals surface area contributed by atoms with Crippen molar-refractivity contribution in [1.29, 1.82) is 0 Å². The summed E-state index contributed by atoms with van der Waals surface area (Å²) in [7, 11) is 0. The van der Waals surface area contributed by atoms with Crippen LogP contribution in [0, 0.1) is 6.92 Å². The lowest BCUT2D eigenvalue weighted by Gasteiger charge is -2.06. The number of aromatic carboxylic acids is 1. The fraction of sp³-hybridized carbons (Fsp3) is 0.231. The smallest absolute Gasteiger partial charge is 0.356 e. The van der Waals surface area contributed by atoms with Crippen molar-refractivity contribution in [1.82, 2.24) is 19.5 Å². The number of aromatic nitrogens is 4. The Morgan fingerprint density at radius 3 is 3.05 bits per heavy atom. The predicted molar refractivity (Wildman–Crippen MR) is 79.8 cm³/mol. The maximum atomic E-state index is 10.8. The van der Waals surface area contributed by atoms with Crippen LogP contribution in [0.25, 0.3) is 10.2 Å². The number of carbonyl (C=O) groups is 1. The van der Waals surface area contributed by atoms with Crippen molar-refractivity contribution >= 4 is 33.3 Å². The van der Waals surface area contributed by atoms with Crippen molar-refractivity contribution in [2.45, 2.75) is 13.5 Å². The van der Waals surface area contributed by atoms with E-state index in [9.17, 15) is 4.79 Å². The maximum Gasteiger partial charge on any atom is 0.356 e. The van der Waals surface area contributed by atoms with E-state index in [0.29, 0.717) is 13.1 Å². The second-order valence-electron chi connectivity index (χ2n) is 4.53. The Balaban J connectivity index is 1.67. The van der Waals surface area contributed by atoms with Crippen LogP contribution >= 0.6 is 11.3 Å². The SMILES string of the molecule is Cc1cc2c(NCCn3cnc(C(=O)O)c3)ncnc2s1. The molecule has 0 unspecified atom stereocenters. The van der Waals surface area contributed by atoms with Crippen LogP contribution in [0.15, 0.2) is 24.9 Å². The summed E-state index contributed by atoms with van der Waals surface area (Å²) in [6.07, 6.45) is 4.56. The molecule has 0 atom stereocenters. The summed E-state index contributed by atoms with van der Waals surface area (Å²) in [5, 5.41) is 13.1. The Labute approximate surface area is 124 Å². The van der Waals surface area contributed by atoms with Crippen LogP contribution in [0.3, 0.4) is 0 Å². The Morgan fingerprint density at radius 2 is 2.29 bits per heavy atom. The van der Waals surface area contributed by atoms with Crippen LogP contribution in [-0.4, -0.2) is 37.1 Å². The third-order valence-electron chi connectivity index (χ3n) is 2.97. The molecule has 0 spiro atoms. The van der Waals surface area contributed by atoms with Crippen molar-refractivity contribution in [2.24, 2.45) is 0 Å². The fourth-order valence-electron chi connectivity index (χ4n) is 2.01. The van der Waals surface area contributed by atoms with Gasteiger partial charge in [0, 0.05) is 24.2 Å². The number of hydrogen-bond acceptors (Lipinski definition) is 6. The lowest BCUT2D eigenvalue weighted by molar-refractivity contribution is 0.0691. The minimum atomic E-state index is -1.02. The number of imidazole rings is 1. The first-order chi connectivity index (χ1) is 10.1. The highest BCUT2D eigenvalue weighted by molar-refractivity contribution is 7.18. The summed E-state index contributed by atoms with van der Waals surface area (Å²) >= 11 is 1.63. The molecule has 7 nitrogen and oxygen atoms in total. The van der Waals surface area contributed by atoms with E-state index < -0.39 is 5.97 Å². The van der Waals surface area contributed by atoms with Gasteiger partial charge in [0.05, 0.1) is 11.7 Å². The molecule has 3 heterocycles. The van der Waals surface area contributed by atoms with E-state index in [1.54, 1.807) is 22.2 Å². The van der Waals surface area contributed by atoms with Gasteiger partial charge in [-0.3, -0.25) is 0 Å². The van der Waals surface area contributed by atoms with Gasteiger partial charge in [-0.15, -0.1) is 11.3 Å². The highest BCUT2D eigenvalue weighted by Crippen LogP contribution is 2.27. The molecule has 21 heavy (non-hydrogen) atoms. The molecule has 0 amide bonds. The molecule has 0 aliphatic heterocycles. The van der Waals surface area contributed by atoms with Gasteiger partial charge in [-0.1, -0.05) is 0 Å². The third-order valence-corrected chi connectivity index (χ3v) is 3.93. The number of carboxylic acids is 1. The minimum absolute atomic E-state index is 0.0490. The zero-order valence-corrected chi connectivity index (χ0v) is 12.1. The van der Waals surface area contributed by atoms with Gasteiger partial charge in [0.25, 0.3) is 0 Å². The molecule has 0 saturated carbocycles. The molecule has 3 aromatic rings. The summed E-state index contributed by atoms with van der Waals surface area (Å²) in [5.74, 6) is -0.226. The zero-order chi connectivity index (χ0) is 14.8. The number of carboxylic acid groups (broad SMARTS) is 1. The van der Waals surface area contributed by atoms with Gasteiger partial charge >= 0.3 is 5.97 Å². The van der Waals surface area contributed by atoms with E-state index in [-0.39, 0.29) is 5.69 Å². The molecule has 2 N–H and O–H groups in total. The molecular weight excluding hydrogens is 290 g/mol. The van der Waals surface area contributed by atoms with E-state index in [1.807, 2.05) is 6.92 Å². The monoisotopic (exact) mass is 303 g/mol. The molecule has 0 radical (unpaired) electrons. The largest absolute Gasteiger partial charge is 0.476 e. The average molecular weight is 303 g/mol. The van der Waals surface area contributed by atoms with Gasteiger partial charge in [-0.05, 0) is 13.0 Å². The Bertz CT molecular complexity index is 795. The van der Waals surface area contributed by atoms with Crippen molar-refractivity contribution in [3.05, 3.63) is 35.5 Å². The highest BCUT2D eigenvalue weighted by Gasteiger charge is 2.08. The molecule has 0 aliphatic carbocycles. The van der Waals surface area contributed by atoms with Crippen molar-refractivity contribution in [2.75, 3.05) is 11.9 Å². The van der Waals surface area contributed by atoms with Crippen molar-refractivity contribution in [3.63, 3.8) is 0 Å². The fourth-order valence-corrected chi connectivity index (χ4v) is 2.86. The number of anilines is 1. The van der Waals surface area contributed by atoms with Gasteiger partial charge in [-0.2, -0.15) is 0 Å². The Kier molecular flexibility index (Phi) is 3.53. The number of rotatable bonds is 5. The molecule has 0 aromatic carbocycles. The van der Waals surface area contributed by atoms with Crippen LogP contribution in [0.1, 0.15) is 15.4 Å². The zero-order valence-electron chi connectivity index (χ0n) is 11.3.